The van der Waals surface area contributed by atoms with E-state index in [1.807, 2.05) is 0 Å². The van der Waals surface area contributed by atoms with Crippen LogP contribution in [0.2, 0.25) is 5.15 Å². The molecule has 0 N–H and O–H groups in total. The van der Waals surface area contributed by atoms with Crippen LogP contribution in [0.4, 0.5) is 4.39 Å². The number of hydrogen-bond acceptors (Lipinski definition) is 2. The number of halogens is 2. The molecule has 80 valence electrons. The minimum Gasteiger partial charge on any atom is -0.288 e. The Hall–Kier alpha value is -1.74. The Kier molecular flexibility index (Phi) is 2.97. The number of rotatable bonds is 2. The van der Waals surface area contributed by atoms with Crippen molar-refractivity contribution < 1.29 is 9.18 Å². The van der Waals surface area contributed by atoms with Crippen LogP contribution in [-0.2, 0) is 0 Å². The van der Waals surface area contributed by atoms with E-state index in [-0.39, 0.29) is 10.7 Å². The van der Waals surface area contributed by atoms with Crippen LogP contribution < -0.4 is 0 Å². The van der Waals surface area contributed by atoms with Gasteiger partial charge in [-0.3, -0.25) is 4.79 Å². The second-order valence-corrected chi connectivity index (χ2v) is 3.57. The van der Waals surface area contributed by atoms with Crippen molar-refractivity contribution in [2.24, 2.45) is 0 Å². The van der Waals surface area contributed by atoms with E-state index in [4.69, 9.17) is 11.6 Å². The van der Waals surface area contributed by atoms with Crippen molar-refractivity contribution in [2.75, 3.05) is 0 Å². The van der Waals surface area contributed by atoms with Crippen molar-refractivity contribution in [3.05, 3.63) is 64.7 Å². The van der Waals surface area contributed by atoms with Gasteiger partial charge in [0.15, 0.2) is 11.6 Å². The van der Waals surface area contributed by atoms with Gasteiger partial charge in [-0.2, -0.15) is 0 Å². The zero-order valence-electron chi connectivity index (χ0n) is 8.15. The van der Waals surface area contributed by atoms with Gasteiger partial charge >= 0.3 is 0 Å². The summed E-state index contributed by atoms with van der Waals surface area (Å²) in [5, 5.41) is 0.0979. The highest BCUT2D eigenvalue weighted by Gasteiger charge is 2.14. The van der Waals surface area contributed by atoms with Crippen LogP contribution in [0.25, 0.3) is 0 Å². The Morgan fingerprint density at radius 2 is 1.94 bits per heavy atom. The molecule has 0 saturated carbocycles. The molecule has 0 atom stereocenters. The molecule has 2 aromatic rings. The van der Waals surface area contributed by atoms with Crippen molar-refractivity contribution in [1.29, 1.82) is 0 Å². The van der Waals surface area contributed by atoms with Gasteiger partial charge in [0.2, 0.25) is 0 Å². The molecule has 4 heteroatoms. The highest BCUT2D eigenvalue weighted by molar-refractivity contribution is 6.30. The van der Waals surface area contributed by atoms with E-state index >= 15 is 0 Å². The van der Waals surface area contributed by atoms with E-state index in [9.17, 15) is 9.18 Å². The summed E-state index contributed by atoms with van der Waals surface area (Å²) in [6.07, 6.45) is 0.943. The van der Waals surface area contributed by atoms with Gasteiger partial charge in [0, 0.05) is 5.56 Å². The third-order valence-electron chi connectivity index (χ3n) is 2.10. The zero-order valence-corrected chi connectivity index (χ0v) is 8.91. The average Bonchev–Trinajstić information content (AvgIpc) is 2.32. The summed E-state index contributed by atoms with van der Waals surface area (Å²) in [4.78, 5) is 15.4. The first-order valence-electron chi connectivity index (χ1n) is 4.59. The smallest absolute Gasteiger partial charge is 0.196 e. The highest BCUT2D eigenvalue weighted by atomic mass is 35.5. The second-order valence-electron chi connectivity index (χ2n) is 3.18. The topological polar surface area (TPSA) is 30.0 Å². The summed E-state index contributed by atoms with van der Waals surface area (Å²) in [6, 6.07) is 9.69. The summed E-state index contributed by atoms with van der Waals surface area (Å²) >= 11 is 5.62. The van der Waals surface area contributed by atoms with Gasteiger partial charge in [0.05, 0.1) is 11.8 Å². The van der Waals surface area contributed by atoms with Gasteiger partial charge in [-0.1, -0.05) is 41.9 Å². The molecule has 0 aliphatic heterocycles. The maximum absolute atomic E-state index is 13.4. The van der Waals surface area contributed by atoms with Crippen molar-refractivity contribution >= 4 is 17.4 Å². The molecule has 2 nitrogen and oxygen atoms in total. The van der Waals surface area contributed by atoms with Crippen LogP contribution in [0.5, 0.6) is 0 Å². The summed E-state index contributed by atoms with van der Waals surface area (Å²) in [5.41, 5.74) is 0.356. The van der Waals surface area contributed by atoms with Gasteiger partial charge in [0.1, 0.15) is 5.15 Å². The lowest BCUT2D eigenvalue weighted by Gasteiger charge is -2.02. The largest absolute Gasteiger partial charge is 0.288 e. The number of ketones is 1. The zero-order chi connectivity index (χ0) is 11.5. The molecule has 0 aliphatic carbocycles. The number of pyridine rings is 1. The minimum absolute atomic E-state index is 0.0637. The molecule has 0 radical (unpaired) electrons. The van der Waals surface area contributed by atoms with Crippen LogP contribution in [0, 0.1) is 5.82 Å². The number of benzene rings is 1. The molecular weight excluding hydrogens is 229 g/mol. The van der Waals surface area contributed by atoms with Crippen molar-refractivity contribution in [2.45, 2.75) is 0 Å². The molecule has 0 aliphatic rings. The lowest BCUT2D eigenvalue weighted by molar-refractivity contribution is 0.103. The van der Waals surface area contributed by atoms with Crippen LogP contribution >= 0.6 is 11.6 Å². The number of carbonyl (C=O) groups excluding carboxylic acids is 1. The molecule has 0 amide bonds. The van der Waals surface area contributed by atoms with E-state index in [1.165, 1.54) is 6.07 Å². The van der Waals surface area contributed by atoms with E-state index in [2.05, 4.69) is 4.98 Å². The molecule has 2 rings (SSSR count). The predicted molar refractivity (Wildman–Crippen MR) is 59.1 cm³/mol. The number of hydrogen-bond donors (Lipinski definition) is 0. The molecule has 16 heavy (non-hydrogen) atoms. The van der Waals surface area contributed by atoms with Gasteiger partial charge in [-0.15, -0.1) is 0 Å². The fraction of sp³-hybridized carbons (Fsp3) is 0. The first kappa shape index (κ1) is 10.8. The number of nitrogens with zero attached hydrogens (tertiary/aromatic N) is 1. The standard InChI is InChI=1S/C12H7ClFNO/c13-11-6-9(10(14)7-15-11)12(16)8-4-2-1-3-5-8/h1-7H. The Balaban J connectivity index is 2.46. The molecule has 1 heterocycles. The normalized spacial score (nSPS) is 10.1. The summed E-state index contributed by atoms with van der Waals surface area (Å²) in [7, 11) is 0. The van der Waals surface area contributed by atoms with E-state index in [0.717, 1.165) is 6.20 Å². The fourth-order valence-electron chi connectivity index (χ4n) is 1.33. The van der Waals surface area contributed by atoms with Crippen molar-refractivity contribution in [1.82, 2.24) is 4.98 Å². The summed E-state index contributed by atoms with van der Waals surface area (Å²) in [6.45, 7) is 0. The molecule has 0 fully saturated rings. The van der Waals surface area contributed by atoms with Gasteiger partial charge in [0.25, 0.3) is 0 Å². The Morgan fingerprint density at radius 1 is 1.25 bits per heavy atom. The Bertz CT molecular complexity index is 528. The fourth-order valence-corrected chi connectivity index (χ4v) is 1.49. The molecular formula is C12H7ClFNO. The van der Waals surface area contributed by atoms with Crippen LogP contribution in [-0.4, -0.2) is 10.8 Å². The van der Waals surface area contributed by atoms with Crippen molar-refractivity contribution in [3.63, 3.8) is 0 Å². The third kappa shape index (κ3) is 2.09. The van der Waals surface area contributed by atoms with E-state index in [0.29, 0.717) is 5.56 Å². The lowest BCUT2D eigenvalue weighted by atomic mass is 10.0. The lowest BCUT2D eigenvalue weighted by Crippen LogP contribution is -2.04. The summed E-state index contributed by atoms with van der Waals surface area (Å²) < 4.78 is 13.4. The first-order valence-corrected chi connectivity index (χ1v) is 4.97. The molecule has 0 spiro atoms. The molecule has 0 saturated heterocycles. The van der Waals surface area contributed by atoms with Crippen LogP contribution in [0.15, 0.2) is 42.6 Å². The quantitative estimate of drug-likeness (QED) is 0.591. The van der Waals surface area contributed by atoms with Crippen LogP contribution in [0.1, 0.15) is 15.9 Å². The monoisotopic (exact) mass is 235 g/mol. The van der Waals surface area contributed by atoms with Gasteiger partial charge in [-0.05, 0) is 6.07 Å². The molecule has 0 bridgehead atoms. The minimum atomic E-state index is -0.668. The number of carbonyl (C=O) groups is 1. The van der Waals surface area contributed by atoms with Gasteiger partial charge in [-0.25, -0.2) is 9.37 Å². The molecule has 0 unspecified atom stereocenters. The van der Waals surface area contributed by atoms with Crippen LogP contribution in [0.3, 0.4) is 0 Å². The number of aromatic nitrogens is 1. The maximum Gasteiger partial charge on any atom is 0.196 e. The second kappa shape index (κ2) is 4.41. The summed E-state index contributed by atoms with van der Waals surface area (Å²) in [5.74, 6) is -1.07. The first-order chi connectivity index (χ1) is 7.68. The van der Waals surface area contributed by atoms with E-state index in [1.54, 1.807) is 30.3 Å². The van der Waals surface area contributed by atoms with Crippen molar-refractivity contribution in [3.8, 4) is 0 Å². The third-order valence-corrected chi connectivity index (χ3v) is 2.31. The Morgan fingerprint density at radius 3 is 2.62 bits per heavy atom. The van der Waals surface area contributed by atoms with Gasteiger partial charge < -0.3 is 0 Å². The Labute approximate surface area is 96.7 Å². The molecule has 1 aromatic carbocycles. The highest BCUT2D eigenvalue weighted by Crippen LogP contribution is 2.16. The van der Waals surface area contributed by atoms with E-state index < -0.39 is 11.6 Å². The SMILES string of the molecule is O=C(c1ccccc1)c1cc(Cl)ncc1F. The molecule has 1 aromatic heterocycles. The predicted octanol–water partition coefficient (Wildman–Crippen LogP) is 3.11. The average molecular weight is 236 g/mol. The maximum atomic E-state index is 13.4.